The average molecular weight is 364 g/mol. The van der Waals surface area contributed by atoms with Crippen molar-refractivity contribution in [1.29, 1.82) is 0 Å². The molecule has 0 fully saturated rings. The first-order valence-corrected chi connectivity index (χ1v) is 7.22. The summed E-state index contributed by atoms with van der Waals surface area (Å²) in [6, 6.07) is 9.18. The molecule has 0 radical (unpaired) electrons. The van der Waals surface area contributed by atoms with Gasteiger partial charge in [-0.1, -0.05) is 75.5 Å². The van der Waals surface area contributed by atoms with E-state index in [1.807, 2.05) is 18.2 Å². The molecular weight excluding hydrogens is 348 g/mol. The van der Waals surface area contributed by atoms with Crippen LogP contribution in [-0.2, 0) is 4.74 Å². The van der Waals surface area contributed by atoms with Crippen LogP contribution in [0.4, 0.5) is 0 Å². The van der Waals surface area contributed by atoms with Crippen molar-refractivity contribution in [3.63, 3.8) is 0 Å². The minimum atomic E-state index is -0.824. The Morgan fingerprint density at radius 3 is 2.53 bits per heavy atom. The molecule has 0 heterocycles. The third-order valence-electron chi connectivity index (χ3n) is 2.29. The molecule has 0 aromatic heterocycles. The summed E-state index contributed by atoms with van der Waals surface area (Å²) in [6.07, 6.45) is 2.10. The fraction of sp³-hybridized carbons (Fsp3) is 0.462. The highest BCUT2D eigenvalue weighted by molar-refractivity contribution is 9.26. The molecule has 17 heavy (non-hydrogen) atoms. The Morgan fingerprint density at radius 1 is 1.29 bits per heavy atom. The molecule has 0 bridgehead atoms. The number of Topliss-reactive ketones (excluding diaryl/α,β-unsaturated/α-hetero) is 1. The zero-order valence-electron chi connectivity index (χ0n) is 9.79. The summed E-state index contributed by atoms with van der Waals surface area (Å²) in [7, 11) is 0. The molecule has 0 aliphatic rings. The highest BCUT2D eigenvalue weighted by Crippen LogP contribution is 2.31. The predicted octanol–water partition coefficient (Wildman–Crippen LogP) is 4.17. The number of hydrogen-bond acceptors (Lipinski definition) is 2. The molecule has 4 heteroatoms. The van der Waals surface area contributed by atoms with Gasteiger partial charge in [0.15, 0.2) is 9.02 Å². The first-order valence-electron chi connectivity index (χ1n) is 5.63. The SMILES string of the molecule is CCCCOCC(Br)(Br)C(=O)c1ccccc1. The van der Waals surface area contributed by atoms with Gasteiger partial charge in [0.25, 0.3) is 0 Å². The fourth-order valence-electron chi connectivity index (χ4n) is 1.31. The molecule has 1 aromatic carbocycles. The summed E-state index contributed by atoms with van der Waals surface area (Å²) in [4.78, 5) is 12.2. The number of benzene rings is 1. The van der Waals surface area contributed by atoms with E-state index >= 15 is 0 Å². The zero-order chi connectivity index (χ0) is 12.7. The van der Waals surface area contributed by atoms with E-state index in [9.17, 15) is 4.79 Å². The first kappa shape index (κ1) is 14.9. The number of rotatable bonds is 7. The Balaban J connectivity index is 2.55. The lowest BCUT2D eigenvalue weighted by Gasteiger charge is -2.19. The van der Waals surface area contributed by atoms with E-state index < -0.39 is 3.23 Å². The molecule has 1 rings (SSSR count). The molecule has 0 aliphatic carbocycles. The largest absolute Gasteiger partial charge is 0.379 e. The van der Waals surface area contributed by atoms with Gasteiger partial charge < -0.3 is 4.74 Å². The summed E-state index contributed by atoms with van der Waals surface area (Å²) in [5.74, 6) is -0.0189. The Kier molecular flexibility index (Phi) is 6.38. The van der Waals surface area contributed by atoms with Crippen molar-refractivity contribution in [3.8, 4) is 0 Å². The number of hydrogen-bond donors (Lipinski definition) is 0. The van der Waals surface area contributed by atoms with Crippen LogP contribution in [0.1, 0.15) is 30.1 Å². The molecule has 0 amide bonds. The average Bonchev–Trinajstić information content (AvgIpc) is 2.35. The zero-order valence-corrected chi connectivity index (χ0v) is 13.0. The molecular formula is C13H16Br2O2. The lowest BCUT2D eigenvalue weighted by atomic mass is 10.1. The number of ether oxygens (including phenoxy) is 1. The van der Waals surface area contributed by atoms with Gasteiger partial charge in [-0.2, -0.15) is 0 Å². The Morgan fingerprint density at radius 2 is 1.94 bits per heavy atom. The Hall–Kier alpha value is -0.190. The fourth-order valence-corrected chi connectivity index (χ4v) is 2.09. The van der Waals surface area contributed by atoms with Crippen LogP contribution >= 0.6 is 31.9 Å². The second-order valence-electron chi connectivity index (χ2n) is 3.81. The van der Waals surface area contributed by atoms with E-state index in [1.54, 1.807) is 12.1 Å². The molecule has 0 aliphatic heterocycles. The van der Waals surface area contributed by atoms with E-state index in [0.29, 0.717) is 18.8 Å². The summed E-state index contributed by atoms with van der Waals surface area (Å²) in [5, 5.41) is 0. The van der Waals surface area contributed by atoms with Crippen molar-refractivity contribution in [2.24, 2.45) is 0 Å². The van der Waals surface area contributed by atoms with Gasteiger partial charge in [-0.25, -0.2) is 0 Å². The van der Waals surface area contributed by atoms with Crippen molar-refractivity contribution in [2.45, 2.75) is 23.0 Å². The number of carbonyl (C=O) groups is 1. The van der Waals surface area contributed by atoms with E-state index in [1.165, 1.54) is 0 Å². The standard InChI is InChI=1S/C13H16Br2O2/c1-2-3-9-17-10-13(14,15)12(16)11-7-5-4-6-8-11/h4-8H,2-3,9-10H2,1H3. The lowest BCUT2D eigenvalue weighted by molar-refractivity contribution is 0.0873. The topological polar surface area (TPSA) is 26.3 Å². The van der Waals surface area contributed by atoms with Gasteiger partial charge in [-0.05, 0) is 6.42 Å². The lowest BCUT2D eigenvalue weighted by Crippen LogP contribution is -2.30. The second-order valence-corrected chi connectivity index (χ2v) is 7.58. The minimum Gasteiger partial charge on any atom is -0.379 e. The van der Waals surface area contributed by atoms with Gasteiger partial charge in [-0.15, -0.1) is 0 Å². The van der Waals surface area contributed by atoms with Crippen LogP contribution in [0, 0.1) is 0 Å². The van der Waals surface area contributed by atoms with Gasteiger partial charge in [0.05, 0.1) is 6.61 Å². The number of carbonyl (C=O) groups excluding carboxylic acids is 1. The highest BCUT2D eigenvalue weighted by atomic mass is 79.9. The van der Waals surface area contributed by atoms with Crippen molar-refractivity contribution < 1.29 is 9.53 Å². The van der Waals surface area contributed by atoms with Crippen LogP contribution in [-0.4, -0.2) is 22.2 Å². The van der Waals surface area contributed by atoms with Crippen molar-refractivity contribution >= 4 is 37.6 Å². The molecule has 0 spiro atoms. The van der Waals surface area contributed by atoms with Gasteiger partial charge in [0.2, 0.25) is 0 Å². The normalized spacial score (nSPS) is 11.5. The van der Waals surface area contributed by atoms with Crippen molar-refractivity contribution in [3.05, 3.63) is 35.9 Å². The molecule has 0 saturated heterocycles. The third kappa shape index (κ3) is 4.90. The molecule has 0 N–H and O–H groups in total. The van der Waals surface area contributed by atoms with Crippen LogP contribution in [0.2, 0.25) is 0 Å². The second kappa shape index (κ2) is 7.29. The minimum absolute atomic E-state index is 0.0189. The quantitative estimate of drug-likeness (QED) is 0.412. The summed E-state index contributed by atoms with van der Waals surface area (Å²) in [6.45, 7) is 3.10. The molecule has 0 saturated carbocycles. The van der Waals surface area contributed by atoms with Crippen LogP contribution in [0.25, 0.3) is 0 Å². The maximum atomic E-state index is 12.2. The van der Waals surface area contributed by atoms with E-state index in [4.69, 9.17) is 4.74 Å². The van der Waals surface area contributed by atoms with E-state index in [2.05, 4.69) is 38.8 Å². The van der Waals surface area contributed by atoms with Gasteiger partial charge in [0.1, 0.15) is 0 Å². The van der Waals surface area contributed by atoms with Gasteiger partial charge in [-0.3, -0.25) is 4.79 Å². The van der Waals surface area contributed by atoms with Crippen LogP contribution in [0.15, 0.2) is 30.3 Å². The van der Waals surface area contributed by atoms with Crippen molar-refractivity contribution in [2.75, 3.05) is 13.2 Å². The van der Waals surface area contributed by atoms with E-state index in [0.717, 1.165) is 12.8 Å². The molecule has 2 nitrogen and oxygen atoms in total. The van der Waals surface area contributed by atoms with Gasteiger partial charge in [0, 0.05) is 12.2 Å². The first-order chi connectivity index (χ1) is 8.08. The third-order valence-corrected chi connectivity index (χ3v) is 3.47. The molecule has 0 unspecified atom stereocenters. The van der Waals surface area contributed by atoms with E-state index in [-0.39, 0.29) is 5.78 Å². The maximum absolute atomic E-state index is 12.2. The number of ketones is 1. The van der Waals surface area contributed by atoms with Gasteiger partial charge >= 0.3 is 0 Å². The monoisotopic (exact) mass is 362 g/mol. The predicted molar refractivity (Wildman–Crippen MR) is 77.1 cm³/mol. The molecule has 94 valence electrons. The summed E-state index contributed by atoms with van der Waals surface area (Å²) in [5.41, 5.74) is 0.667. The highest BCUT2D eigenvalue weighted by Gasteiger charge is 2.33. The smallest absolute Gasteiger partial charge is 0.192 e. The maximum Gasteiger partial charge on any atom is 0.192 e. The Bertz CT molecular complexity index is 350. The van der Waals surface area contributed by atoms with Crippen LogP contribution < -0.4 is 0 Å². The number of unbranched alkanes of at least 4 members (excludes halogenated alkanes) is 1. The number of halogens is 2. The van der Waals surface area contributed by atoms with Crippen LogP contribution in [0.5, 0.6) is 0 Å². The molecule has 1 aromatic rings. The summed E-state index contributed by atoms with van der Waals surface area (Å²) < 4.78 is 4.64. The molecule has 0 atom stereocenters. The van der Waals surface area contributed by atoms with Crippen LogP contribution in [0.3, 0.4) is 0 Å². The van der Waals surface area contributed by atoms with Crippen molar-refractivity contribution in [1.82, 2.24) is 0 Å². The Labute approximate surface area is 119 Å². The number of alkyl halides is 2. The summed E-state index contributed by atoms with van der Waals surface area (Å²) >= 11 is 6.76.